The summed E-state index contributed by atoms with van der Waals surface area (Å²) in [5.74, 6) is -3.67. The van der Waals surface area contributed by atoms with Gasteiger partial charge >= 0.3 is 18.0 Å². The van der Waals surface area contributed by atoms with Crippen molar-refractivity contribution in [2.75, 3.05) is 20.3 Å². The third kappa shape index (κ3) is 6.37. The van der Waals surface area contributed by atoms with E-state index in [1.54, 1.807) is 27.7 Å². The maximum atomic E-state index is 12.9. The summed E-state index contributed by atoms with van der Waals surface area (Å²) in [5.41, 5.74) is -2.25. The van der Waals surface area contributed by atoms with Gasteiger partial charge in [0.1, 0.15) is 17.2 Å². The number of ether oxygens (including phenoxy) is 3. The van der Waals surface area contributed by atoms with Crippen LogP contribution in [-0.2, 0) is 33.4 Å². The van der Waals surface area contributed by atoms with Crippen LogP contribution < -0.4 is 16.0 Å². The minimum atomic E-state index is -1.51. The zero-order chi connectivity index (χ0) is 25.8. The smallest absolute Gasteiger partial charge is 0.408 e. The topological polar surface area (TPSA) is 169 Å². The van der Waals surface area contributed by atoms with Gasteiger partial charge in [-0.2, -0.15) is 0 Å². The van der Waals surface area contributed by atoms with Crippen LogP contribution in [-0.4, -0.2) is 78.5 Å². The Bertz CT molecular complexity index is 825. The lowest BCUT2D eigenvalue weighted by Crippen LogP contribution is -2.59. The van der Waals surface area contributed by atoms with E-state index in [0.717, 1.165) is 0 Å². The lowest BCUT2D eigenvalue weighted by atomic mass is 9.88. The van der Waals surface area contributed by atoms with Gasteiger partial charge in [-0.1, -0.05) is 0 Å². The molecule has 0 bridgehead atoms. The highest BCUT2D eigenvalue weighted by Gasteiger charge is 2.73. The third-order valence-electron chi connectivity index (χ3n) is 5.96. The Morgan fingerprint density at radius 3 is 2.38 bits per heavy atom. The van der Waals surface area contributed by atoms with Crippen LogP contribution in [0.2, 0.25) is 0 Å². The molecule has 2 aliphatic rings. The standard InChI is InChI=1S/C22H35N3O9/c1-7-33-19(30)22(9-13(26)16-12(17(16)22)8-15(28)32-6)25-14(27)10-23-18(29)11(2)24-20(31)34-21(3,4)5/h11-13,16-17,26H,7-10H2,1-6H3,(H,23,29)(H,24,31)(H,25,27)/t11-,12-,13-,16+,17+,22-/m0/s1. The number of rotatable bonds is 9. The van der Waals surface area contributed by atoms with E-state index in [0.29, 0.717) is 0 Å². The lowest BCUT2D eigenvalue weighted by molar-refractivity contribution is -0.155. The predicted octanol–water partition coefficient (Wildman–Crippen LogP) is -0.376. The number of nitrogens with one attached hydrogen (secondary N) is 3. The molecule has 2 saturated carbocycles. The molecule has 0 aromatic rings. The van der Waals surface area contributed by atoms with Crippen molar-refractivity contribution in [1.82, 2.24) is 16.0 Å². The first-order chi connectivity index (χ1) is 15.8. The average molecular weight is 486 g/mol. The van der Waals surface area contributed by atoms with Crippen molar-refractivity contribution in [1.29, 1.82) is 0 Å². The number of carbonyl (C=O) groups is 5. The molecule has 12 heteroatoms. The van der Waals surface area contributed by atoms with E-state index >= 15 is 0 Å². The Morgan fingerprint density at radius 1 is 1.18 bits per heavy atom. The Balaban J connectivity index is 2.00. The van der Waals surface area contributed by atoms with Gasteiger partial charge in [0.25, 0.3) is 0 Å². The number of esters is 2. The molecule has 2 rings (SSSR count). The summed E-state index contributed by atoms with van der Waals surface area (Å²) >= 11 is 0. The number of amides is 3. The molecule has 0 spiro atoms. The summed E-state index contributed by atoms with van der Waals surface area (Å²) in [6.07, 6.45) is -1.74. The van der Waals surface area contributed by atoms with E-state index in [-0.39, 0.29) is 31.3 Å². The van der Waals surface area contributed by atoms with Crippen molar-refractivity contribution < 1.29 is 43.3 Å². The van der Waals surface area contributed by atoms with Crippen molar-refractivity contribution in [2.45, 2.75) is 70.7 Å². The predicted molar refractivity (Wildman–Crippen MR) is 117 cm³/mol. The second-order valence-corrected chi connectivity index (χ2v) is 9.64. The number of fused-ring (bicyclic) bond motifs is 1. The van der Waals surface area contributed by atoms with E-state index < -0.39 is 65.6 Å². The molecule has 0 unspecified atom stereocenters. The molecule has 3 amide bonds. The van der Waals surface area contributed by atoms with Crippen LogP contribution in [0.15, 0.2) is 0 Å². The number of alkyl carbamates (subject to hydrolysis) is 1. The molecule has 34 heavy (non-hydrogen) atoms. The Labute approximate surface area is 198 Å². The van der Waals surface area contributed by atoms with E-state index in [4.69, 9.17) is 9.47 Å². The van der Waals surface area contributed by atoms with Crippen LogP contribution in [0, 0.1) is 17.8 Å². The van der Waals surface area contributed by atoms with Gasteiger partial charge in [-0.05, 0) is 46.5 Å². The van der Waals surface area contributed by atoms with E-state index in [1.165, 1.54) is 14.0 Å². The molecule has 0 saturated heterocycles. The largest absolute Gasteiger partial charge is 0.469 e. The second-order valence-electron chi connectivity index (χ2n) is 9.64. The van der Waals surface area contributed by atoms with Gasteiger partial charge in [-0.3, -0.25) is 14.4 Å². The van der Waals surface area contributed by atoms with Gasteiger partial charge in [-0.25, -0.2) is 9.59 Å². The van der Waals surface area contributed by atoms with Crippen LogP contribution in [0.25, 0.3) is 0 Å². The highest BCUT2D eigenvalue weighted by Crippen LogP contribution is 2.64. The molecule has 6 atom stereocenters. The summed E-state index contributed by atoms with van der Waals surface area (Å²) in [6, 6.07) is -0.979. The maximum absolute atomic E-state index is 12.9. The first kappa shape index (κ1) is 27.4. The van der Waals surface area contributed by atoms with Crippen LogP contribution in [0.1, 0.15) is 47.5 Å². The normalized spacial score (nSPS) is 28.1. The fraction of sp³-hybridized carbons (Fsp3) is 0.773. The number of aliphatic hydroxyl groups excluding tert-OH is 1. The molecular formula is C22H35N3O9. The van der Waals surface area contributed by atoms with Crippen molar-refractivity contribution in [3.05, 3.63) is 0 Å². The maximum Gasteiger partial charge on any atom is 0.408 e. The van der Waals surface area contributed by atoms with Gasteiger partial charge < -0.3 is 35.3 Å². The molecule has 0 heterocycles. The summed E-state index contributed by atoms with van der Waals surface area (Å²) in [4.78, 5) is 61.4. The molecule has 0 aromatic carbocycles. The SMILES string of the molecule is CCOC(=O)[C@]1(NC(=O)CNC(=O)[C@H](C)NC(=O)OC(C)(C)C)C[C@H](O)[C@H]2[C@H](CC(=O)OC)[C@H]21. The zero-order valence-electron chi connectivity index (χ0n) is 20.4. The number of carbonyl (C=O) groups excluding carboxylic acids is 5. The Kier molecular flexibility index (Phi) is 8.51. The number of hydrogen-bond donors (Lipinski definition) is 4. The first-order valence-corrected chi connectivity index (χ1v) is 11.3. The number of methoxy groups -OCH3 is 1. The monoisotopic (exact) mass is 485 g/mol. The van der Waals surface area contributed by atoms with Gasteiger partial charge in [0.05, 0.1) is 26.4 Å². The van der Waals surface area contributed by atoms with Gasteiger partial charge in [-0.15, -0.1) is 0 Å². The minimum Gasteiger partial charge on any atom is -0.469 e. The van der Waals surface area contributed by atoms with Crippen molar-refractivity contribution in [3.8, 4) is 0 Å². The van der Waals surface area contributed by atoms with Crippen LogP contribution >= 0.6 is 0 Å². The molecule has 2 aliphatic carbocycles. The molecule has 2 fully saturated rings. The number of hydrogen-bond acceptors (Lipinski definition) is 9. The molecule has 0 radical (unpaired) electrons. The van der Waals surface area contributed by atoms with Gasteiger partial charge in [0.2, 0.25) is 11.8 Å². The van der Waals surface area contributed by atoms with Gasteiger partial charge in [0, 0.05) is 18.8 Å². The Morgan fingerprint density at radius 2 is 1.82 bits per heavy atom. The molecule has 12 nitrogen and oxygen atoms in total. The fourth-order valence-electron chi connectivity index (χ4n) is 4.59. The quantitative estimate of drug-likeness (QED) is 0.251. The third-order valence-corrected chi connectivity index (χ3v) is 5.96. The second kappa shape index (κ2) is 10.6. The fourth-order valence-corrected chi connectivity index (χ4v) is 4.59. The minimum absolute atomic E-state index is 0.00447. The van der Waals surface area contributed by atoms with Crippen LogP contribution in [0.4, 0.5) is 4.79 Å². The van der Waals surface area contributed by atoms with E-state index in [9.17, 15) is 29.1 Å². The summed E-state index contributed by atoms with van der Waals surface area (Å²) < 4.78 is 15.0. The van der Waals surface area contributed by atoms with Gasteiger partial charge in [0.15, 0.2) is 0 Å². The van der Waals surface area contributed by atoms with E-state index in [1.807, 2.05) is 0 Å². The summed E-state index contributed by atoms with van der Waals surface area (Å²) in [6.45, 7) is 7.68. The zero-order valence-corrected chi connectivity index (χ0v) is 20.4. The molecule has 4 N–H and O–H groups in total. The van der Waals surface area contributed by atoms with Crippen molar-refractivity contribution in [3.63, 3.8) is 0 Å². The molecular weight excluding hydrogens is 450 g/mol. The highest BCUT2D eigenvalue weighted by atomic mass is 16.6. The highest BCUT2D eigenvalue weighted by molar-refractivity contribution is 5.93. The molecule has 0 aromatic heterocycles. The van der Waals surface area contributed by atoms with Crippen molar-refractivity contribution in [2.24, 2.45) is 17.8 Å². The Hall–Kier alpha value is -2.89. The lowest BCUT2D eigenvalue weighted by Gasteiger charge is -2.31. The number of aliphatic hydroxyl groups is 1. The molecule has 192 valence electrons. The summed E-state index contributed by atoms with van der Waals surface area (Å²) in [7, 11) is 1.25. The van der Waals surface area contributed by atoms with Crippen molar-refractivity contribution >= 4 is 29.8 Å². The summed E-state index contributed by atoms with van der Waals surface area (Å²) in [5, 5.41) is 17.9. The molecule has 0 aliphatic heterocycles. The van der Waals surface area contributed by atoms with Crippen LogP contribution in [0.3, 0.4) is 0 Å². The van der Waals surface area contributed by atoms with E-state index in [2.05, 4.69) is 20.7 Å². The average Bonchev–Trinajstić information content (AvgIpc) is 3.35. The van der Waals surface area contributed by atoms with Crippen LogP contribution in [0.5, 0.6) is 0 Å². The first-order valence-electron chi connectivity index (χ1n) is 11.3.